The Hall–Kier alpha value is -0.810. The highest BCUT2D eigenvalue weighted by Gasteiger charge is 2.37. The summed E-state index contributed by atoms with van der Waals surface area (Å²) in [5.74, 6) is -0.533. The normalized spacial score (nSPS) is 25.8. The van der Waals surface area contributed by atoms with Crippen LogP contribution < -0.4 is 5.73 Å². The Kier molecular flexibility index (Phi) is 7.92. The van der Waals surface area contributed by atoms with E-state index in [1.807, 2.05) is 6.92 Å². The highest BCUT2D eigenvalue weighted by molar-refractivity contribution is 5.64. The van der Waals surface area contributed by atoms with E-state index in [1.165, 1.54) is 38.5 Å². The molecule has 5 heteroatoms. The highest BCUT2D eigenvalue weighted by Crippen LogP contribution is 2.29. The van der Waals surface area contributed by atoms with Crippen LogP contribution in [-0.4, -0.2) is 31.2 Å². The largest absolute Gasteiger partial charge is 0.447 e. The molecule has 2 atom stereocenters. The first-order valence-corrected chi connectivity index (χ1v) is 7.80. The van der Waals surface area contributed by atoms with Gasteiger partial charge in [-0.25, -0.2) is 4.79 Å². The average molecular weight is 287 g/mol. The van der Waals surface area contributed by atoms with E-state index in [2.05, 4.69) is 6.92 Å². The molecule has 20 heavy (non-hydrogen) atoms. The quantitative estimate of drug-likeness (QED) is 0.625. The SMILES string of the molecule is CCCCCCCCC[C@]1(C)OC[C@H](COC(N)=O)O1. The molecule has 0 bridgehead atoms. The Labute approximate surface area is 122 Å². The second-order valence-corrected chi connectivity index (χ2v) is 5.69. The second-order valence-electron chi connectivity index (χ2n) is 5.69. The zero-order valence-electron chi connectivity index (χ0n) is 12.9. The van der Waals surface area contributed by atoms with Gasteiger partial charge in [0.25, 0.3) is 0 Å². The Morgan fingerprint density at radius 1 is 1.25 bits per heavy atom. The zero-order valence-corrected chi connectivity index (χ0v) is 12.9. The van der Waals surface area contributed by atoms with Gasteiger partial charge in [-0.2, -0.15) is 0 Å². The van der Waals surface area contributed by atoms with Gasteiger partial charge in [0.2, 0.25) is 0 Å². The number of hydrogen-bond donors (Lipinski definition) is 1. The molecular formula is C15H29NO4. The van der Waals surface area contributed by atoms with Crippen molar-refractivity contribution in [1.29, 1.82) is 0 Å². The minimum absolute atomic E-state index is 0.169. The lowest BCUT2D eigenvalue weighted by Gasteiger charge is -2.23. The third-order valence-corrected chi connectivity index (χ3v) is 3.64. The van der Waals surface area contributed by atoms with Gasteiger partial charge in [0, 0.05) is 6.42 Å². The van der Waals surface area contributed by atoms with E-state index < -0.39 is 11.9 Å². The van der Waals surface area contributed by atoms with Gasteiger partial charge in [0.15, 0.2) is 5.79 Å². The van der Waals surface area contributed by atoms with Crippen LogP contribution in [0, 0.1) is 0 Å². The average Bonchev–Trinajstić information content (AvgIpc) is 2.78. The van der Waals surface area contributed by atoms with E-state index in [-0.39, 0.29) is 12.7 Å². The molecule has 1 fully saturated rings. The number of carbonyl (C=O) groups excluding carboxylic acids is 1. The van der Waals surface area contributed by atoms with E-state index in [4.69, 9.17) is 19.9 Å². The Bertz CT molecular complexity index is 285. The smallest absolute Gasteiger partial charge is 0.404 e. The van der Waals surface area contributed by atoms with Crippen LogP contribution in [-0.2, 0) is 14.2 Å². The molecule has 0 aliphatic carbocycles. The predicted molar refractivity (Wildman–Crippen MR) is 77.4 cm³/mol. The number of amides is 1. The summed E-state index contributed by atoms with van der Waals surface area (Å²) in [6.45, 7) is 4.81. The van der Waals surface area contributed by atoms with E-state index in [0.29, 0.717) is 6.61 Å². The zero-order chi connectivity index (χ0) is 14.8. The van der Waals surface area contributed by atoms with Crippen molar-refractivity contribution >= 4 is 6.09 Å². The van der Waals surface area contributed by atoms with Gasteiger partial charge in [-0.1, -0.05) is 45.4 Å². The minimum atomic E-state index is -0.769. The molecule has 1 amide bonds. The van der Waals surface area contributed by atoms with Crippen molar-refractivity contribution < 1.29 is 19.0 Å². The Balaban J connectivity index is 2.06. The first-order valence-electron chi connectivity index (χ1n) is 7.80. The lowest BCUT2D eigenvalue weighted by molar-refractivity contribution is -0.162. The molecular weight excluding hydrogens is 258 g/mol. The number of ether oxygens (including phenoxy) is 3. The summed E-state index contributed by atoms with van der Waals surface area (Å²) in [7, 11) is 0. The molecule has 1 heterocycles. The van der Waals surface area contributed by atoms with E-state index in [9.17, 15) is 4.79 Å². The molecule has 0 radical (unpaired) electrons. The number of hydrogen-bond acceptors (Lipinski definition) is 4. The summed E-state index contributed by atoms with van der Waals surface area (Å²) in [6.07, 6.45) is 8.80. The second kappa shape index (κ2) is 9.19. The summed E-state index contributed by atoms with van der Waals surface area (Å²) in [5.41, 5.74) is 4.93. The molecule has 0 aromatic rings. The van der Waals surface area contributed by atoms with Crippen molar-refractivity contribution in [3.63, 3.8) is 0 Å². The summed E-state index contributed by atoms with van der Waals surface area (Å²) in [6, 6.07) is 0. The van der Waals surface area contributed by atoms with Crippen molar-refractivity contribution in [3.05, 3.63) is 0 Å². The summed E-state index contributed by atoms with van der Waals surface area (Å²) in [5, 5.41) is 0. The summed E-state index contributed by atoms with van der Waals surface area (Å²) < 4.78 is 16.2. The van der Waals surface area contributed by atoms with E-state index >= 15 is 0 Å². The standard InChI is InChI=1S/C15H29NO4/c1-3-4-5-6-7-8-9-10-15(2)19-12-13(20-15)11-18-14(16)17/h13H,3-12H2,1-2H3,(H2,16,17)/t13-,15+/m0/s1. The maximum atomic E-state index is 10.5. The van der Waals surface area contributed by atoms with Gasteiger partial charge in [-0.3, -0.25) is 0 Å². The summed E-state index contributed by atoms with van der Waals surface area (Å²) >= 11 is 0. The molecule has 2 N–H and O–H groups in total. The Morgan fingerprint density at radius 3 is 2.55 bits per heavy atom. The fourth-order valence-electron chi connectivity index (χ4n) is 2.48. The van der Waals surface area contributed by atoms with Crippen LogP contribution >= 0.6 is 0 Å². The van der Waals surface area contributed by atoms with Gasteiger partial charge in [-0.05, 0) is 13.3 Å². The van der Waals surface area contributed by atoms with E-state index in [1.54, 1.807) is 0 Å². The monoisotopic (exact) mass is 287 g/mol. The topological polar surface area (TPSA) is 70.8 Å². The maximum Gasteiger partial charge on any atom is 0.404 e. The molecule has 1 saturated heterocycles. The van der Waals surface area contributed by atoms with Gasteiger partial charge < -0.3 is 19.9 Å². The van der Waals surface area contributed by atoms with Crippen LogP contribution in [0.15, 0.2) is 0 Å². The molecule has 0 unspecified atom stereocenters. The van der Waals surface area contributed by atoms with Crippen LogP contribution in [0.5, 0.6) is 0 Å². The molecule has 118 valence electrons. The van der Waals surface area contributed by atoms with Crippen molar-refractivity contribution in [2.45, 2.75) is 77.1 Å². The van der Waals surface area contributed by atoms with Gasteiger partial charge in [0.1, 0.15) is 12.7 Å². The fraction of sp³-hybridized carbons (Fsp3) is 0.933. The van der Waals surface area contributed by atoms with Gasteiger partial charge >= 0.3 is 6.09 Å². The lowest BCUT2D eigenvalue weighted by atomic mass is 10.1. The third-order valence-electron chi connectivity index (χ3n) is 3.64. The van der Waals surface area contributed by atoms with Gasteiger partial charge in [-0.15, -0.1) is 0 Å². The molecule has 0 spiro atoms. The molecule has 1 rings (SSSR count). The van der Waals surface area contributed by atoms with Crippen molar-refractivity contribution in [1.82, 2.24) is 0 Å². The molecule has 0 aromatic heterocycles. The first kappa shape index (κ1) is 17.2. The van der Waals surface area contributed by atoms with Gasteiger partial charge in [0.05, 0.1) is 6.61 Å². The minimum Gasteiger partial charge on any atom is -0.447 e. The first-order chi connectivity index (χ1) is 9.56. The Morgan fingerprint density at radius 2 is 1.90 bits per heavy atom. The predicted octanol–water partition coefficient (Wildman–Crippen LogP) is 3.35. The molecule has 0 aromatic carbocycles. The van der Waals surface area contributed by atoms with Crippen molar-refractivity contribution in [2.24, 2.45) is 5.73 Å². The lowest BCUT2D eigenvalue weighted by Crippen LogP contribution is -2.29. The number of carbonyl (C=O) groups is 1. The maximum absolute atomic E-state index is 10.5. The van der Waals surface area contributed by atoms with Crippen molar-refractivity contribution in [3.8, 4) is 0 Å². The van der Waals surface area contributed by atoms with Crippen LogP contribution in [0.4, 0.5) is 4.79 Å². The molecule has 1 aliphatic rings. The number of unbranched alkanes of at least 4 members (excludes halogenated alkanes) is 6. The molecule has 1 aliphatic heterocycles. The molecule has 5 nitrogen and oxygen atoms in total. The van der Waals surface area contributed by atoms with Crippen molar-refractivity contribution in [2.75, 3.05) is 13.2 Å². The summed E-state index contributed by atoms with van der Waals surface area (Å²) in [4.78, 5) is 10.5. The number of primary amides is 1. The van der Waals surface area contributed by atoms with Crippen LogP contribution in [0.3, 0.4) is 0 Å². The van der Waals surface area contributed by atoms with E-state index in [0.717, 1.165) is 12.8 Å². The van der Waals surface area contributed by atoms with Crippen LogP contribution in [0.1, 0.15) is 65.2 Å². The number of rotatable bonds is 10. The third kappa shape index (κ3) is 7.10. The fourth-order valence-corrected chi connectivity index (χ4v) is 2.48. The van der Waals surface area contributed by atoms with Crippen LogP contribution in [0.2, 0.25) is 0 Å². The molecule has 0 saturated carbocycles. The number of nitrogens with two attached hydrogens (primary N) is 1. The van der Waals surface area contributed by atoms with Crippen LogP contribution in [0.25, 0.3) is 0 Å². The highest BCUT2D eigenvalue weighted by atomic mass is 16.7.